The third-order valence-electron chi connectivity index (χ3n) is 17.1. The van der Waals surface area contributed by atoms with E-state index in [2.05, 4.69) is 152 Å². The van der Waals surface area contributed by atoms with E-state index in [4.69, 9.17) is 66.1 Å². The fourth-order valence-corrected chi connectivity index (χ4v) is 14.0. The Morgan fingerprint density at radius 3 is 0.890 bits per heavy atom. The van der Waals surface area contributed by atoms with Crippen molar-refractivity contribution in [3.8, 4) is 23.3 Å². The number of nitrogens with zero attached hydrogens (tertiary/aromatic N) is 15. The number of amides is 8. The topological polar surface area (TPSA) is 369 Å². The summed E-state index contributed by atoms with van der Waals surface area (Å²) in [6.45, 7) is 39.2. The number of anilines is 4. The molecule has 0 saturated heterocycles. The summed E-state index contributed by atoms with van der Waals surface area (Å²) in [6, 6.07) is 28.4. The number of hydrogen-bond acceptors (Lipinski definition) is 16. The average Bonchev–Trinajstić information content (AvgIpc) is 1.66. The van der Waals surface area contributed by atoms with Crippen LogP contribution in [0.1, 0.15) is 159 Å². The minimum absolute atomic E-state index is 0.00831. The highest BCUT2D eigenvalue weighted by Crippen LogP contribution is 2.37. The fraction of sp³-hybridized carbons (Fsp3) is 0.193. The molecule has 8 heterocycles. The van der Waals surface area contributed by atoms with Gasteiger partial charge in [0.15, 0.2) is 51.7 Å². The van der Waals surface area contributed by atoms with Gasteiger partial charge in [-0.1, -0.05) is 64.6 Å². The molecule has 8 N–H and O–H groups in total. The van der Waals surface area contributed by atoms with Crippen molar-refractivity contribution in [2.75, 3.05) is 28.3 Å². The van der Waals surface area contributed by atoms with E-state index in [0.717, 1.165) is 9.13 Å². The molecule has 0 radical (unpaired) electrons. The quantitative estimate of drug-likeness (QED) is 0.0212. The highest BCUT2D eigenvalue weighted by Gasteiger charge is 2.39. The first-order chi connectivity index (χ1) is 59.9. The van der Waals surface area contributed by atoms with Crippen LogP contribution < -0.4 is 42.5 Å². The lowest BCUT2D eigenvalue weighted by atomic mass is 10.0. The Morgan fingerprint density at radius 1 is 0.386 bits per heavy atom. The number of pyridine rings is 4. The summed E-state index contributed by atoms with van der Waals surface area (Å²) in [7, 11) is 1.36. The number of nitrogens with one attached hydrogen (secondary N) is 8. The maximum atomic E-state index is 13.4. The van der Waals surface area contributed by atoms with E-state index in [9.17, 15) is 64.7 Å². The molecule has 31 nitrogen and oxygen atoms in total. The van der Waals surface area contributed by atoms with E-state index in [0.29, 0.717) is 85.9 Å². The lowest BCUT2D eigenvalue weighted by Crippen LogP contribution is -2.31. The second-order valence-corrected chi connectivity index (χ2v) is 32.2. The van der Waals surface area contributed by atoms with E-state index in [1.165, 1.54) is 89.5 Å². The van der Waals surface area contributed by atoms with Crippen molar-refractivity contribution >= 4 is 188 Å². The fourth-order valence-electron chi connectivity index (χ4n) is 11.7. The minimum atomic E-state index is -4.84. The molecule has 127 heavy (non-hydrogen) atoms. The molecule has 8 aromatic heterocycles. The Morgan fingerprint density at radius 2 is 0.638 bits per heavy atom. The van der Waals surface area contributed by atoms with Gasteiger partial charge < -0.3 is 42.5 Å². The average molecular weight is 2060 g/mol. The van der Waals surface area contributed by atoms with Crippen LogP contribution in [0.25, 0.3) is 37.8 Å². The summed E-state index contributed by atoms with van der Waals surface area (Å²) in [5.74, 6) is -4.47. The molecule has 44 heteroatoms. The molecular formula is C83H68Br2Cl4F6IN23O8. The smallest absolute Gasteiger partial charge is 0.355 e. The van der Waals surface area contributed by atoms with Crippen molar-refractivity contribution in [3.05, 3.63) is 292 Å². The summed E-state index contributed by atoms with van der Waals surface area (Å²) in [5.41, 5.74) is 0.827. The zero-order valence-electron chi connectivity index (χ0n) is 68.0. The number of carbonyl (C=O) groups is 8. The van der Waals surface area contributed by atoms with Crippen molar-refractivity contribution in [3.63, 3.8) is 0 Å². The summed E-state index contributed by atoms with van der Waals surface area (Å²) in [4.78, 5) is 129. The summed E-state index contributed by atoms with van der Waals surface area (Å²) < 4.78 is 85.9. The predicted molar refractivity (Wildman–Crippen MR) is 480 cm³/mol. The molecule has 0 bridgehead atoms. The van der Waals surface area contributed by atoms with E-state index in [-0.39, 0.29) is 108 Å². The van der Waals surface area contributed by atoms with Gasteiger partial charge in [-0.05, 0) is 225 Å². The molecule has 0 saturated carbocycles. The van der Waals surface area contributed by atoms with Gasteiger partial charge in [0, 0.05) is 77.8 Å². The van der Waals surface area contributed by atoms with Gasteiger partial charge in [0.2, 0.25) is 0 Å². The van der Waals surface area contributed by atoms with Crippen molar-refractivity contribution in [2.45, 2.75) is 99.7 Å². The Labute approximate surface area is 770 Å². The third kappa shape index (κ3) is 24.4. The second kappa shape index (κ2) is 42.3. The van der Waals surface area contributed by atoms with Gasteiger partial charge in [-0.15, -0.1) is 0 Å². The molecule has 12 rings (SSSR count). The predicted octanol–water partition coefficient (Wildman–Crippen LogP) is 19.5. The monoisotopic (exact) mass is 2050 g/mol. The highest BCUT2D eigenvalue weighted by atomic mass is 127. The van der Waals surface area contributed by atoms with Crippen LogP contribution in [0.15, 0.2) is 155 Å². The van der Waals surface area contributed by atoms with E-state index in [1.54, 1.807) is 89.5 Å². The van der Waals surface area contributed by atoms with Gasteiger partial charge in [-0.2, -0.15) is 46.7 Å². The van der Waals surface area contributed by atoms with Crippen LogP contribution >= 0.6 is 101 Å². The third-order valence-corrected chi connectivity index (χ3v) is 19.7. The van der Waals surface area contributed by atoms with E-state index < -0.39 is 70.6 Å². The SMILES string of the molecule is Cc1cc(I)cc(C(=O)NC(C)C)c1NC(=O)c1cc(Br)nn1-c1ncccc1Cl.[C-]#[N+]c1cc(C)c(NC(=O)c2cc(Br)nn2-c2ncccc2Cl)c(C(=O)NC(C)C)c1.[C-]#[N+]c1cc(C)c(NC(=O)c2cc(C(F)(F)F)nn2-c2ncccc2Cl)c(C(=O)NC(C)C)c1.[C-]#[N+]c1cc(C)c(NC(=O)c2cc(C(F)(F)F)nn2-c2ncccc2Cl)c(C(=O)NC)c1. The van der Waals surface area contributed by atoms with Crippen LogP contribution in [0, 0.1) is 51.0 Å². The molecule has 0 unspecified atom stereocenters. The molecular weight excluding hydrogens is 1990 g/mol. The first-order valence-electron chi connectivity index (χ1n) is 36.9. The highest BCUT2D eigenvalue weighted by molar-refractivity contribution is 14.1. The summed E-state index contributed by atoms with van der Waals surface area (Å²) >= 11 is 33.3. The van der Waals surface area contributed by atoms with Crippen molar-refractivity contribution in [1.82, 2.24) is 80.3 Å². The molecule has 0 aliphatic heterocycles. The van der Waals surface area contributed by atoms with Gasteiger partial charge in [0.05, 0.1) is 84.8 Å². The van der Waals surface area contributed by atoms with Gasteiger partial charge in [-0.25, -0.2) is 53.2 Å². The van der Waals surface area contributed by atoms with Crippen LogP contribution in [0.4, 0.5) is 66.2 Å². The molecule has 0 atom stereocenters. The number of aryl methyl sites for hydroxylation is 4. The number of rotatable bonds is 19. The first kappa shape index (κ1) is 97.8. The van der Waals surface area contributed by atoms with Crippen molar-refractivity contribution in [2.24, 2.45) is 0 Å². The number of carbonyl (C=O) groups excluding carboxylic acids is 8. The van der Waals surface area contributed by atoms with Crippen molar-refractivity contribution < 1.29 is 64.7 Å². The molecule has 0 aliphatic carbocycles. The number of hydrogen-bond donors (Lipinski definition) is 8. The number of alkyl halides is 6. The molecule has 0 fully saturated rings. The number of halogens is 13. The maximum Gasteiger partial charge on any atom is 0.435 e. The number of benzene rings is 4. The van der Waals surface area contributed by atoms with E-state index >= 15 is 0 Å². The van der Waals surface area contributed by atoms with Gasteiger partial charge >= 0.3 is 12.4 Å². The van der Waals surface area contributed by atoms with E-state index in [1.807, 2.05) is 40.7 Å². The zero-order chi connectivity index (χ0) is 93.5. The van der Waals surface area contributed by atoms with Crippen molar-refractivity contribution in [1.29, 1.82) is 0 Å². The summed E-state index contributed by atoms with van der Waals surface area (Å²) in [6.07, 6.45) is -3.98. The van der Waals surface area contributed by atoms with Gasteiger partial charge in [0.25, 0.3) is 47.3 Å². The minimum Gasteiger partial charge on any atom is -0.355 e. The summed E-state index contributed by atoms with van der Waals surface area (Å²) in [5, 5.41) is 37.4. The molecule has 12 aromatic rings. The normalized spacial score (nSPS) is 11.0. The van der Waals surface area contributed by atoms with Gasteiger partial charge in [-0.3, -0.25) is 38.4 Å². The van der Waals surface area contributed by atoms with Gasteiger partial charge in [0.1, 0.15) is 32.0 Å². The Hall–Kier alpha value is -13.0. The van der Waals surface area contributed by atoms with Crippen LogP contribution in [-0.4, -0.2) is 131 Å². The molecule has 8 amide bonds. The Bertz CT molecular complexity index is 6460. The lowest BCUT2D eigenvalue weighted by Gasteiger charge is -2.16. The first-order valence-corrected chi connectivity index (χ1v) is 41.1. The van der Waals surface area contributed by atoms with Crippen LogP contribution in [0.2, 0.25) is 20.1 Å². The molecule has 654 valence electrons. The maximum absolute atomic E-state index is 13.4. The Kier molecular flexibility index (Phi) is 32.6. The second-order valence-electron chi connectivity index (χ2n) is 27.7. The zero-order valence-corrected chi connectivity index (χ0v) is 76.3. The van der Waals surface area contributed by atoms with Crippen LogP contribution in [0.3, 0.4) is 0 Å². The standard InChI is InChI=1S/C22H18ClF3N6O2.C21H18BrClN6O2.C20H18BrClIN5O2.C20H14ClF3N6O2/c1-11(2)29-20(33)14-9-13(27-4)8-12(3)18(14)30-21(34)16-10-17(22(24,25)26)31-32(16)19-15(23)6-5-7-28-19;1-11(2)26-20(30)14-9-13(24-4)8-12(3)18(14)27-21(31)16-10-17(22)28-29(16)19-15(23)6-5-7-25-19;1-10(2)25-19(29)13-8-12(23)7-11(3)17(13)26-20(30)15-9-16(21)27-28(15)18-14(22)5-4-6-24-18;1-10-7-11(25-2)8-12(18(31)26-3)16(10)28-19(32)14-9-15(20(22,23)24)29-30(14)17-13(21)5-4-6-27-17/h5-11H,1-3H3,(H,29,33)(H,30,34);5-11H,1-3H3,(H,26,30)(H,27,31);4-10H,1-3H3,(H,25,29)(H,26,30);4-9H,1,3H3,(H,26,31)(H,28,32). The van der Waals surface area contributed by atoms with Crippen LogP contribution in [-0.2, 0) is 12.4 Å². The molecule has 0 aliphatic rings. The largest absolute Gasteiger partial charge is 0.435 e. The lowest BCUT2D eigenvalue weighted by molar-refractivity contribution is -0.142. The number of aromatic nitrogens is 12. The van der Waals surface area contributed by atoms with Crippen LogP contribution in [0.5, 0.6) is 0 Å². The molecule has 4 aromatic carbocycles. The Balaban J connectivity index is 0.000000192. The molecule has 0 spiro atoms.